The summed E-state index contributed by atoms with van der Waals surface area (Å²) < 4.78 is 37.8. The van der Waals surface area contributed by atoms with Gasteiger partial charge in [0.15, 0.2) is 18.2 Å². The summed E-state index contributed by atoms with van der Waals surface area (Å²) in [5.74, 6) is 1.16. The summed E-state index contributed by atoms with van der Waals surface area (Å²) in [5, 5.41) is 2.70. The van der Waals surface area contributed by atoms with E-state index in [-0.39, 0.29) is 30.7 Å². The first-order valence-electron chi connectivity index (χ1n) is 9.45. The summed E-state index contributed by atoms with van der Waals surface area (Å²) in [6, 6.07) is 15.3. The number of carbonyl (C=O) groups excluding carboxylic acids is 1. The van der Waals surface area contributed by atoms with E-state index < -0.39 is 10.0 Å². The van der Waals surface area contributed by atoms with Gasteiger partial charge < -0.3 is 19.7 Å². The van der Waals surface area contributed by atoms with E-state index in [0.717, 1.165) is 0 Å². The van der Waals surface area contributed by atoms with Crippen molar-refractivity contribution in [2.24, 2.45) is 0 Å². The minimum absolute atomic E-state index is 0.00848. The van der Waals surface area contributed by atoms with Crippen molar-refractivity contribution < 1.29 is 22.7 Å². The van der Waals surface area contributed by atoms with Crippen molar-refractivity contribution in [2.45, 2.75) is 11.8 Å². The first-order valence-corrected chi connectivity index (χ1v) is 10.9. The van der Waals surface area contributed by atoms with Gasteiger partial charge in [-0.25, -0.2) is 13.2 Å². The molecule has 1 saturated heterocycles. The van der Waals surface area contributed by atoms with Crippen LogP contribution in [0.5, 0.6) is 11.5 Å². The molecule has 8 nitrogen and oxygen atoms in total. The lowest BCUT2D eigenvalue weighted by atomic mass is 10.3. The summed E-state index contributed by atoms with van der Waals surface area (Å²) in [4.78, 5) is 14.2. The Morgan fingerprint density at radius 1 is 0.931 bits per heavy atom. The third-order valence-electron chi connectivity index (χ3n) is 4.51. The Morgan fingerprint density at radius 3 is 2.14 bits per heavy atom. The fraction of sp³-hybridized carbons (Fsp3) is 0.350. The van der Waals surface area contributed by atoms with E-state index in [2.05, 4.69) is 5.32 Å². The number of ether oxygens (including phenoxy) is 2. The average molecular weight is 420 g/mol. The lowest BCUT2D eigenvalue weighted by molar-refractivity contribution is 0.161. The number of amides is 2. The molecule has 0 radical (unpaired) electrons. The normalized spacial score (nSPS) is 15.0. The molecule has 2 aromatic rings. The van der Waals surface area contributed by atoms with Crippen LogP contribution in [0.25, 0.3) is 0 Å². The van der Waals surface area contributed by atoms with Crippen LogP contribution in [0, 0.1) is 0 Å². The number of hydrogen-bond acceptors (Lipinski definition) is 5. The maximum Gasteiger partial charge on any atom is 0.320 e. The topological polar surface area (TPSA) is 88.2 Å². The maximum atomic E-state index is 12.7. The van der Waals surface area contributed by atoms with Gasteiger partial charge in [0.2, 0.25) is 10.0 Å². The van der Waals surface area contributed by atoms with Crippen LogP contribution < -0.4 is 14.8 Å². The number of hydrogen-bond donors (Lipinski definition) is 1. The third-order valence-corrected chi connectivity index (χ3v) is 6.42. The molecule has 0 bridgehead atoms. The smallest absolute Gasteiger partial charge is 0.320 e. The van der Waals surface area contributed by atoms with Crippen molar-refractivity contribution in [1.82, 2.24) is 14.5 Å². The van der Waals surface area contributed by atoms with Crippen LogP contribution in [0.3, 0.4) is 0 Å². The number of urea groups is 1. The van der Waals surface area contributed by atoms with Crippen LogP contribution in [0.1, 0.15) is 6.92 Å². The molecule has 0 unspecified atom stereocenters. The summed E-state index contributed by atoms with van der Waals surface area (Å²) in [5.41, 5.74) is 0. The molecule has 9 heteroatoms. The van der Waals surface area contributed by atoms with Gasteiger partial charge in [-0.1, -0.05) is 30.3 Å². The van der Waals surface area contributed by atoms with Crippen LogP contribution in [0.4, 0.5) is 4.79 Å². The maximum absolute atomic E-state index is 12.7. The predicted molar refractivity (Wildman–Crippen MR) is 108 cm³/mol. The molecule has 2 aromatic carbocycles. The minimum atomic E-state index is -3.54. The number of sulfonamides is 1. The van der Waals surface area contributed by atoms with E-state index in [1.807, 2.05) is 19.1 Å². The highest BCUT2D eigenvalue weighted by Crippen LogP contribution is 2.26. The second-order valence-electron chi connectivity index (χ2n) is 6.35. The van der Waals surface area contributed by atoms with Crippen molar-refractivity contribution in [1.29, 1.82) is 0 Å². The van der Waals surface area contributed by atoms with E-state index >= 15 is 0 Å². The Hall–Kier alpha value is -2.78. The zero-order valence-electron chi connectivity index (χ0n) is 16.3. The van der Waals surface area contributed by atoms with Crippen molar-refractivity contribution in [2.75, 3.05) is 39.5 Å². The van der Waals surface area contributed by atoms with E-state index in [1.54, 1.807) is 47.4 Å². The van der Waals surface area contributed by atoms with Gasteiger partial charge in [0.1, 0.15) is 0 Å². The monoisotopic (exact) mass is 419 g/mol. The molecule has 1 aliphatic rings. The first-order chi connectivity index (χ1) is 14.0. The molecule has 1 aliphatic heterocycles. The van der Waals surface area contributed by atoms with Gasteiger partial charge in [-0.3, -0.25) is 0 Å². The van der Waals surface area contributed by atoms with Crippen molar-refractivity contribution in [3.8, 4) is 11.5 Å². The van der Waals surface area contributed by atoms with Gasteiger partial charge in [0.05, 0.1) is 11.5 Å². The van der Waals surface area contributed by atoms with E-state index in [1.165, 1.54) is 4.31 Å². The van der Waals surface area contributed by atoms with Gasteiger partial charge in [-0.2, -0.15) is 4.31 Å². The van der Waals surface area contributed by atoms with E-state index in [4.69, 9.17) is 9.47 Å². The number of para-hydroxylation sites is 2. The molecule has 3 rings (SSSR count). The second-order valence-corrected chi connectivity index (χ2v) is 8.29. The van der Waals surface area contributed by atoms with Gasteiger partial charge in [-0.05, 0) is 31.2 Å². The number of benzene rings is 2. The Kier molecular flexibility index (Phi) is 6.95. The molecule has 0 saturated carbocycles. The summed E-state index contributed by atoms with van der Waals surface area (Å²) in [6.07, 6.45) is 0. The number of carbonyl (C=O) groups is 1. The lowest BCUT2D eigenvalue weighted by Crippen LogP contribution is -2.53. The van der Waals surface area contributed by atoms with Crippen LogP contribution in [0.15, 0.2) is 59.5 Å². The zero-order chi connectivity index (χ0) is 20.7. The fourth-order valence-electron chi connectivity index (χ4n) is 3.00. The number of rotatable bonds is 7. The summed E-state index contributed by atoms with van der Waals surface area (Å²) >= 11 is 0. The van der Waals surface area contributed by atoms with E-state index in [9.17, 15) is 13.2 Å². The predicted octanol–water partition coefficient (Wildman–Crippen LogP) is 2.14. The largest absolute Gasteiger partial charge is 0.490 e. The number of nitrogens with one attached hydrogen (secondary N) is 1. The van der Waals surface area contributed by atoms with Crippen LogP contribution in [0.2, 0.25) is 0 Å². The molecular formula is C20H25N3O5S. The third kappa shape index (κ3) is 5.18. The highest BCUT2D eigenvalue weighted by Gasteiger charge is 2.29. The van der Waals surface area contributed by atoms with Gasteiger partial charge in [-0.15, -0.1) is 0 Å². The Morgan fingerprint density at radius 2 is 1.52 bits per heavy atom. The Balaban J connectivity index is 1.48. The highest BCUT2D eigenvalue weighted by atomic mass is 32.2. The van der Waals surface area contributed by atoms with Crippen LogP contribution >= 0.6 is 0 Å². The zero-order valence-corrected chi connectivity index (χ0v) is 17.1. The first kappa shape index (κ1) is 20.9. The molecule has 0 atom stereocenters. The molecule has 1 fully saturated rings. The molecule has 156 valence electrons. The molecule has 2 amide bonds. The molecule has 0 aliphatic carbocycles. The molecule has 29 heavy (non-hydrogen) atoms. The average Bonchev–Trinajstić information content (AvgIpc) is 2.76. The van der Waals surface area contributed by atoms with Crippen molar-refractivity contribution in [3.05, 3.63) is 54.6 Å². The SMILES string of the molecule is CCOc1ccccc1OCNC(=O)N1CCN(S(=O)(=O)c2ccccc2)CC1. The molecule has 0 spiro atoms. The van der Waals surface area contributed by atoms with Gasteiger partial charge >= 0.3 is 6.03 Å². The minimum Gasteiger partial charge on any atom is -0.490 e. The van der Waals surface area contributed by atoms with Crippen LogP contribution in [-0.4, -0.2) is 63.2 Å². The summed E-state index contributed by atoms with van der Waals surface area (Å²) in [7, 11) is -3.54. The summed E-state index contributed by atoms with van der Waals surface area (Å²) in [6.45, 7) is 3.52. The number of piperazine rings is 1. The quantitative estimate of drug-likeness (QED) is 0.695. The Labute approximate surface area is 171 Å². The van der Waals surface area contributed by atoms with Gasteiger partial charge in [0.25, 0.3) is 0 Å². The van der Waals surface area contributed by atoms with E-state index in [0.29, 0.717) is 31.2 Å². The number of nitrogens with zero attached hydrogens (tertiary/aromatic N) is 2. The highest BCUT2D eigenvalue weighted by molar-refractivity contribution is 7.89. The molecular weight excluding hydrogens is 394 g/mol. The molecule has 0 aromatic heterocycles. The van der Waals surface area contributed by atoms with Crippen molar-refractivity contribution in [3.63, 3.8) is 0 Å². The fourth-order valence-corrected chi connectivity index (χ4v) is 4.45. The van der Waals surface area contributed by atoms with Crippen LogP contribution in [-0.2, 0) is 10.0 Å². The lowest BCUT2D eigenvalue weighted by Gasteiger charge is -2.33. The standard InChI is InChI=1S/C20H25N3O5S/c1-2-27-18-10-6-7-11-19(18)28-16-21-20(24)22-12-14-23(15-13-22)29(25,26)17-8-4-3-5-9-17/h3-11H,2,12-16H2,1H3,(H,21,24). The Bertz CT molecular complexity index is 913. The molecule has 1 heterocycles. The van der Waals surface area contributed by atoms with Gasteiger partial charge in [0, 0.05) is 26.2 Å². The van der Waals surface area contributed by atoms with Crippen molar-refractivity contribution >= 4 is 16.1 Å². The molecule has 1 N–H and O–H groups in total. The second kappa shape index (κ2) is 9.62.